The van der Waals surface area contributed by atoms with Crippen molar-refractivity contribution in [3.05, 3.63) is 34.9 Å². The summed E-state index contributed by atoms with van der Waals surface area (Å²) in [4.78, 5) is 48.8. The molecule has 16 heteroatoms. The van der Waals surface area contributed by atoms with E-state index in [1.165, 1.54) is 33.5 Å². The van der Waals surface area contributed by atoms with Gasteiger partial charge in [-0.05, 0) is 43.7 Å². The number of amides is 2. The number of ether oxygens (including phenoxy) is 1. The summed E-state index contributed by atoms with van der Waals surface area (Å²) in [6.45, 7) is -1.97. The predicted molar refractivity (Wildman–Crippen MR) is 161 cm³/mol. The Hall–Kier alpha value is -4.76. The largest absolute Gasteiger partial charge is 0.453 e. The smallest absolute Gasteiger partial charge is 0.407 e. The molecule has 4 atom stereocenters. The molecule has 0 bridgehead atoms. The molecule has 0 unspecified atom stereocenters. The van der Waals surface area contributed by atoms with Gasteiger partial charge in [0.05, 0.1) is 44.2 Å². The second-order valence-electron chi connectivity index (χ2n) is 11.9. The summed E-state index contributed by atoms with van der Waals surface area (Å²) in [5.41, 5.74) is 4.42. The van der Waals surface area contributed by atoms with Crippen LogP contribution in [0.1, 0.15) is 50.6 Å². The maximum absolute atomic E-state index is 13.8. The van der Waals surface area contributed by atoms with E-state index in [2.05, 4.69) is 25.5 Å². The number of carbonyl (C=O) groups excluding carboxylic acids is 2. The number of aromatic nitrogens is 6. The highest BCUT2D eigenvalue weighted by molar-refractivity contribution is 5.94. The zero-order valence-electron chi connectivity index (χ0n) is 28.5. The van der Waals surface area contributed by atoms with E-state index in [0.29, 0.717) is 29.2 Å². The maximum atomic E-state index is 13.8. The fourth-order valence-electron chi connectivity index (χ4n) is 6.72. The van der Waals surface area contributed by atoms with Gasteiger partial charge in [-0.2, -0.15) is 5.10 Å². The average molecular weight is 629 g/mol. The number of nitrogens with zero attached hydrogens (tertiary/aromatic N) is 7. The molecule has 1 saturated heterocycles. The van der Waals surface area contributed by atoms with Gasteiger partial charge in [0.15, 0.2) is 11.5 Å². The molecular weight excluding hydrogens is 590 g/mol. The molecule has 14 nitrogen and oxygen atoms in total. The van der Waals surface area contributed by atoms with Crippen LogP contribution >= 0.6 is 0 Å². The van der Waals surface area contributed by atoms with Gasteiger partial charge in [-0.15, -0.1) is 0 Å². The number of imidazole rings is 1. The first kappa shape index (κ1) is 24.5. The third-order valence-electron chi connectivity index (χ3n) is 9.13. The van der Waals surface area contributed by atoms with Gasteiger partial charge in [-0.1, -0.05) is 13.3 Å². The Morgan fingerprint density at radius 2 is 2.04 bits per heavy atom. The van der Waals surface area contributed by atoms with E-state index in [9.17, 15) is 23.2 Å². The van der Waals surface area contributed by atoms with Gasteiger partial charge in [0.1, 0.15) is 17.2 Å². The summed E-state index contributed by atoms with van der Waals surface area (Å²) in [6.07, 6.45) is 2.03. The van der Waals surface area contributed by atoms with Crippen LogP contribution in [-0.2, 0) is 22.0 Å². The van der Waals surface area contributed by atoms with Crippen molar-refractivity contribution >= 4 is 51.5 Å². The molecule has 45 heavy (non-hydrogen) atoms. The number of hydrogen-bond acceptors (Lipinski definition) is 9. The van der Waals surface area contributed by atoms with E-state index in [1.54, 1.807) is 12.1 Å². The molecule has 2 amide bonds. The van der Waals surface area contributed by atoms with E-state index in [0.717, 1.165) is 0 Å². The lowest BCUT2D eigenvalue weighted by Crippen LogP contribution is -2.56. The lowest BCUT2D eigenvalue weighted by atomic mass is 10.1. The van der Waals surface area contributed by atoms with Crippen molar-refractivity contribution in [2.24, 2.45) is 18.6 Å². The minimum atomic E-state index is -2.86. The summed E-state index contributed by atoms with van der Waals surface area (Å²) in [5.74, 6) is -2.87. The first-order valence-electron chi connectivity index (χ1n) is 16.6. The number of primary amides is 1. The molecular formula is C29H34F2N10O4. The number of alkyl carbamates (subject to hydrolysis) is 1. The fourth-order valence-corrected chi connectivity index (χ4v) is 6.72. The first-order chi connectivity index (χ1) is 23.0. The molecule has 0 radical (unpaired) electrons. The number of hydrogen-bond donors (Lipinski definition) is 3. The minimum absolute atomic E-state index is 0.0149. The number of halogens is 2. The Kier molecular flexibility index (Phi) is 5.53. The second kappa shape index (κ2) is 10.1. The SMILES string of the molecule is [2H]C([2H])([2H])n1c(=O)n([C@@H]2CC[C@@]([2H])(NC(=O)OC)C2)c2cc(Nc3ccc4c(N5CC(F)(F)C5)nn([C@@]5(C(N)=O)C[C@@H]5CC)c4n3)ncc21. The molecule has 238 valence electrons. The molecule has 2 aliphatic carbocycles. The zero-order chi connectivity index (χ0) is 35.3. The Labute approximate surface area is 261 Å². The van der Waals surface area contributed by atoms with Crippen molar-refractivity contribution in [3.63, 3.8) is 0 Å². The van der Waals surface area contributed by atoms with Crippen LogP contribution in [-0.4, -0.2) is 73.0 Å². The van der Waals surface area contributed by atoms with Gasteiger partial charge in [0.25, 0.3) is 5.92 Å². The standard InChI is InChI=1S/C29H34F2N10O4/c1-4-15-11-29(15,25(32)42)41-23-18(24(37-41)39-13-28(30,31)14-39)7-8-21(36-23)35-22-10-19-20(12-33-22)38(2)27(44)40(19)17-6-5-16(9-17)34-26(43)45-3/h7-8,10,12,15-17H,4-6,9,11,13-14H2,1-3H3,(H2,32,42)(H,34,43)(H,33,35,36)/t15-,16+,17+,29-/m0/s1/i2D3,16D. The first-order valence-corrected chi connectivity index (χ1v) is 14.6. The molecule has 2 saturated carbocycles. The molecule has 3 aliphatic rings. The van der Waals surface area contributed by atoms with Crippen LogP contribution in [0.4, 0.5) is 31.0 Å². The molecule has 7 rings (SSSR count). The van der Waals surface area contributed by atoms with Crippen LogP contribution in [0.2, 0.25) is 0 Å². The van der Waals surface area contributed by atoms with Gasteiger partial charge in [0.2, 0.25) is 5.91 Å². The Morgan fingerprint density at radius 3 is 2.71 bits per heavy atom. The highest BCUT2D eigenvalue weighted by atomic mass is 19.3. The highest BCUT2D eigenvalue weighted by Crippen LogP contribution is 2.53. The Bertz CT molecular complexity index is 2080. The Morgan fingerprint density at radius 1 is 1.24 bits per heavy atom. The lowest BCUT2D eigenvalue weighted by Gasteiger charge is -2.39. The summed E-state index contributed by atoms with van der Waals surface area (Å²) in [5, 5.41) is 10.6. The van der Waals surface area contributed by atoms with E-state index in [4.69, 9.17) is 16.2 Å². The number of carbonyl (C=O) groups is 2. The molecule has 5 heterocycles. The summed E-state index contributed by atoms with van der Waals surface area (Å²) in [7, 11) is 1.18. The zero-order valence-corrected chi connectivity index (χ0v) is 24.5. The Balaban J connectivity index is 1.28. The second-order valence-corrected chi connectivity index (χ2v) is 11.9. The van der Waals surface area contributed by atoms with Crippen LogP contribution in [0.3, 0.4) is 0 Å². The van der Waals surface area contributed by atoms with Crippen molar-refractivity contribution in [2.75, 3.05) is 30.4 Å². The fraction of sp³-hybridized carbons (Fsp3) is 0.517. The molecule has 4 N–H and O–H groups in total. The van der Waals surface area contributed by atoms with Crippen molar-refractivity contribution in [3.8, 4) is 0 Å². The normalized spacial score (nSPS) is 28.6. The maximum Gasteiger partial charge on any atom is 0.407 e. The summed E-state index contributed by atoms with van der Waals surface area (Å²) < 4.78 is 68.5. The molecule has 1 aliphatic heterocycles. The van der Waals surface area contributed by atoms with Gasteiger partial charge in [-0.25, -0.2) is 33.0 Å². The van der Waals surface area contributed by atoms with Crippen LogP contribution in [0, 0.1) is 5.92 Å². The third kappa shape index (κ3) is 4.56. The average Bonchev–Trinajstić information content (AvgIpc) is 3.29. The summed E-state index contributed by atoms with van der Waals surface area (Å²) >= 11 is 0. The molecule has 4 aromatic rings. The molecule has 3 fully saturated rings. The number of nitrogens with one attached hydrogen (secondary N) is 2. The van der Waals surface area contributed by atoms with Gasteiger partial charge >= 0.3 is 11.8 Å². The third-order valence-corrected chi connectivity index (χ3v) is 9.13. The number of rotatable bonds is 8. The topological polar surface area (TPSA) is 167 Å². The van der Waals surface area contributed by atoms with E-state index < -0.39 is 61.3 Å². The lowest BCUT2D eigenvalue weighted by molar-refractivity contribution is -0.123. The van der Waals surface area contributed by atoms with E-state index in [-0.39, 0.29) is 52.9 Å². The number of nitrogens with two attached hydrogens (primary N) is 1. The van der Waals surface area contributed by atoms with Gasteiger partial charge < -0.3 is 26.0 Å². The van der Waals surface area contributed by atoms with Gasteiger partial charge in [0, 0.05) is 29.2 Å². The minimum Gasteiger partial charge on any atom is -0.453 e. The number of pyridine rings is 2. The van der Waals surface area contributed by atoms with Crippen LogP contribution in [0.5, 0.6) is 0 Å². The van der Waals surface area contributed by atoms with Crippen LogP contribution < -0.4 is 27.0 Å². The van der Waals surface area contributed by atoms with Crippen molar-refractivity contribution < 1.29 is 28.6 Å². The van der Waals surface area contributed by atoms with Crippen molar-refractivity contribution in [2.45, 2.75) is 62.5 Å². The molecule has 4 aromatic heterocycles. The van der Waals surface area contributed by atoms with Crippen molar-refractivity contribution in [1.82, 2.24) is 34.2 Å². The monoisotopic (exact) mass is 628 g/mol. The highest BCUT2D eigenvalue weighted by Gasteiger charge is 2.62. The number of anilines is 3. The number of methoxy groups -OCH3 is 1. The van der Waals surface area contributed by atoms with E-state index in [1.807, 2.05) is 6.92 Å². The van der Waals surface area contributed by atoms with Crippen molar-refractivity contribution in [1.29, 1.82) is 0 Å². The molecule has 0 aromatic carbocycles. The van der Waals surface area contributed by atoms with E-state index >= 15 is 0 Å². The van der Waals surface area contributed by atoms with Crippen LogP contribution in [0.25, 0.3) is 22.1 Å². The predicted octanol–water partition coefficient (Wildman–Crippen LogP) is 2.74. The quantitative estimate of drug-likeness (QED) is 0.266. The molecule has 0 spiro atoms. The summed E-state index contributed by atoms with van der Waals surface area (Å²) in [6, 6.07) is 2.67. The number of aryl methyl sites for hydroxylation is 1. The number of fused-ring (bicyclic) bond motifs is 2. The number of alkyl halides is 2. The van der Waals surface area contributed by atoms with Crippen LogP contribution in [0.15, 0.2) is 29.2 Å². The van der Waals surface area contributed by atoms with Gasteiger partial charge in [-0.3, -0.25) is 13.9 Å².